The SMILES string of the molecule is COc1ccc(OC)c(-c2cc(Cl)c3c(c2)C[C@H](CNC(=O)c2cccnc2SC)O3)c1. The van der Waals surface area contributed by atoms with Crippen LogP contribution in [-0.2, 0) is 6.42 Å². The number of methoxy groups -OCH3 is 2. The third-order valence-electron chi connectivity index (χ3n) is 5.27. The molecule has 0 unspecified atom stereocenters. The minimum Gasteiger partial charge on any atom is -0.497 e. The molecule has 0 spiro atoms. The fourth-order valence-corrected chi connectivity index (χ4v) is 4.56. The van der Waals surface area contributed by atoms with E-state index in [0.29, 0.717) is 34.3 Å². The van der Waals surface area contributed by atoms with Crippen molar-refractivity contribution in [3.8, 4) is 28.4 Å². The van der Waals surface area contributed by atoms with Crippen molar-refractivity contribution in [3.63, 3.8) is 0 Å². The van der Waals surface area contributed by atoms with Gasteiger partial charge in [-0.2, -0.15) is 0 Å². The molecule has 1 atom stereocenters. The number of nitrogens with zero attached hydrogens (tertiary/aromatic N) is 1. The molecule has 8 heteroatoms. The molecule has 6 nitrogen and oxygen atoms in total. The van der Waals surface area contributed by atoms with Gasteiger partial charge in [-0.15, -0.1) is 11.8 Å². The zero-order chi connectivity index (χ0) is 22.7. The van der Waals surface area contributed by atoms with E-state index < -0.39 is 0 Å². The van der Waals surface area contributed by atoms with Crippen molar-refractivity contribution in [1.29, 1.82) is 0 Å². The summed E-state index contributed by atoms with van der Waals surface area (Å²) in [6.07, 6.45) is 4.00. The number of nitrogens with one attached hydrogen (secondary N) is 1. The molecule has 0 aliphatic carbocycles. The van der Waals surface area contributed by atoms with Crippen LogP contribution in [0.15, 0.2) is 53.7 Å². The Morgan fingerprint density at radius 3 is 2.84 bits per heavy atom. The number of aromatic nitrogens is 1. The van der Waals surface area contributed by atoms with Crippen molar-refractivity contribution in [1.82, 2.24) is 10.3 Å². The summed E-state index contributed by atoms with van der Waals surface area (Å²) in [6, 6.07) is 13.1. The maximum absolute atomic E-state index is 12.6. The van der Waals surface area contributed by atoms with Gasteiger partial charge in [-0.3, -0.25) is 4.79 Å². The normalized spacial score (nSPS) is 14.4. The maximum atomic E-state index is 12.6. The Hall–Kier alpha value is -2.90. The van der Waals surface area contributed by atoms with Crippen LogP contribution in [0.3, 0.4) is 0 Å². The number of halogens is 1. The molecule has 0 saturated carbocycles. The molecule has 1 amide bonds. The van der Waals surface area contributed by atoms with E-state index in [1.54, 1.807) is 32.5 Å². The van der Waals surface area contributed by atoms with Crippen LogP contribution in [0.1, 0.15) is 15.9 Å². The Morgan fingerprint density at radius 2 is 2.09 bits per heavy atom. The fourth-order valence-electron chi connectivity index (χ4n) is 3.72. The van der Waals surface area contributed by atoms with E-state index in [2.05, 4.69) is 10.3 Å². The van der Waals surface area contributed by atoms with Crippen LogP contribution >= 0.6 is 23.4 Å². The minimum absolute atomic E-state index is 0.171. The number of carbonyl (C=O) groups excluding carboxylic acids is 1. The lowest BCUT2D eigenvalue weighted by Crippen LogP contribution is -2.34. The van der Waals surface area contributed by atoms with Crippen molar-refractivity contribution < 1.29 is 19.0 Å². The van der Waals surface area contributed by atoms with Crippen molar-refractivity contribution in [2.24, 2.45) is 0 Å². The summed E-state index contributed by atoms with van der Waals surface area (Å²) in [6.45, 7) is 0.365. The van der Waals surface area contributed by atoms with Gasteiger partial charge in [0.15, 0.2) is 0 Å². The molecule has 0 fully saturated rings. The van der Waals surface area contributed by atoms with E-state index in [0.717, 1.165) is 28.2 Å². The first-order chi connectivity index (χ1) is 15.5. The van der Waals surface area contributed by atoms with Gasteiger partial charge in [0.25, 0.3) is 5.91 Å². The zero-order valence-electron chi connectivity index (χ0n) is 18.0. The number of amides is 1. The molecule has 3 aromatic rings. The number of hydrogen-bond acceptors (Lipinski definition) is 6. The predicted molar refractivity (Wildman–Crippen MR) is 126 cm³/mol. The third-order valence-corrected chi connectivity index (χ3v) is 6.26. The van der Waals surface area contributed by atoms with Gasteiger partial charge in [-0.05, 0) is 54.3 Å². The lowest BCUT2D eigenvalue weighted by atomic mass is 9.99. The highest BCUT2D eigenvalue weighted by atomic mass is 35.5. The average molecular weight is 471 g/mol. The van der Waals surface area contributed by atoms with Crippen molar-refractivity contribution in [2.45, 2.75) is 17.6 Å². The first-order valence-electron chi connectivity index (χ1n) is 10.0. The number of benzene rings is 2. The van der Waals surface area contributed by atoms with Crippen LogP contribution in [0.2, 0.25) is 5.02 Å². The Morgan fingerprint density at radius 1 is 1.25 bits per heavy atom. The highest BCUT2D eigenvalue weighted by Gasteiger charge is 2.27. The van der Waals surface area contributed by atoms with E-state index in [1.807, 2.05) is 36.6 Å². The van der Waals surface area contributed by atoms with Gasteiger partial charge in [0, 0.05) is 23.7 Å². The molecule has 1 N–H and O–H groups in total. The number of pyridine rings is 1. The smallest absolute Gasteiger partial charge is 0.254 e. The van der Waals surface area contributed by atoms with Crippen LogP contribution in [0.5, 0.6) is 17.2 Å². The second-order valence-electron chi connectivity index (χ2n) is 7.23. The number of rotatable bonds is 7. The zero-order valence-corrected chi connectivity index (χ0v) is 19.5. The molecule has 32 heavy (non-hydrogen) atoms. The van der Waals surface area contributed by atoms with E-state index in [4.69, 9.17) is 25.8 Å². The van der Waals surface area contributed by atoms with Crippen LogP contribution < -0.4 is 19.5 Å². The maximum Gasteiger partial charge on any atom is 0.254 e. The molecule has 166 valence electrons. The van der Waals surface area contributed by atoms with Gasteiger partial charge in [0.05, 0.1) is 31.4 Å². The summed E-state index contributed by atoms with van der Waals surface area (Å²) in [5, 5.41) is 4.17. The number of ether oxygens (including phenoxy) is 3. The molecule has 0 saturated heterocycles. The largest absolute Gasteiger partial charge is 0.497 e. The van der Waals surface area contributed by atoms with Crippen LogP contribution in [0.25, 0.3) is 11.1 Å². The lowest BCUT2D eigenvalue weighted by Gasteiger charge is -2.13. The topological polar surface area (TPSA) is 69.7 Å². The summed E-state index contributed by atoms with van der Waals surface area (Å²) in [5.41, 5.74) is 3.34. The summed E-state index contributed by atoms with van der Waals surface area (Å²) < 4.78 is 16.9. The Bertz CT molecular complexity index is 1150. The third kappa shape index (κ3) is 4.49. The van der Waals surface area contributed by atoms with Gasteiger partial charge < -0.3 is 19.5 Å². The number of fused-ring (bicyclic) bond motifs is 1. The van der Waals surface area contributed by atoms with Crippen LogP contribution in [0.4, 0.5) is 0 Å². The molecular formula is C24H23ClN2O4S. The van der Waals surface area contributed by atoms with E-state index in [-0.39, 0.29) is 12.0 Å². The van der Waals surface area contributed by atoms with Crippen LogP contribution in [0, 0.1) is 0 Å². The summed E-state index contributed by atoms with van der Waals surface area (Å²) >= 11 is 8.00. The Kier molecular flexibility index (Phi) is 6.77. The summed E-state index contributed by atoms with van der Waals surface area (Å²) in [4.78, 5) is 16.9. The second-order valence-corrected chi connectivity index (χ2v) is 8.43. The Labute approximate surface area is 196 Å². The van der Waals surface area contributed by atoms with Gasteiger partial charge in [-0.1, -0.05) is 11.6 Å². The first-order valence-corrected chi connectivity index (χ1v) is 11.6. The molecule has 1 aromatic heterocycles. The quantitative estimate of drug-likeness (QED) is 0.496. The second kappa shape index (κ2) is 9.71. The molecule has 0 bridgehead atoms. The van der Waals surface area contributed by atoms with Gasteiger partial charge in [-0.25, -0.2) is 4.98 Å². The van der Waals surface area contributed by atoms with E-state index in [9.17, 15) is 4.79 Å². The van der Waals surface area contributed by atoms with Crippen molar-refractivity contribution >= 4 is 29.3 Å². The Balaban J connectivity index is 1.51. The fraction of sp³-hybridized carbons (Fsp3) is 0.250. The number of hydrogen-bond donors (Lipinski definition) is 1. The lowest BCUT2D eigenvalue weighted by molar-refractivity contribution is 0.0930. The minimum atomic E-state index is -0.205. The monoisotopic (exact) mass is 470 g/mol. The highest BCUT2D eigenvalue weighted by Crippen LogP contribution is 2.42. The standard InChI is InChI=1S/C24H23ClN2O4S/c1-29-16-6-7-21(30-2)19(12-16)14-9-15-10-17(31-22(15)20(25)11-14)13-27-23(28)18-5-4-8-26-24(18)32-3/h4-9,11-12,17H,10,13H2,1-3H3,(H,27,28)/t17-/m1/s1. The molecular weight excluding hydrogens is 448 g/mol. The van der Waals surface area contributed by atoms with Crippen molar-refractivity contribution in [3.05, 3.63) is 64.8 Å². The molecule has 1 aliphatic rings. The van der Waals surface area contributed by atoms with E-state index in [1.165, 1.54) is 11.8 Å². The first kappa shape index (κ1) is 22.3. The molecule has 0 radical (unpaired) electrons. The van der Waals surface area contributed by atoms with Gasteiger partial charge in [0.2, 0.25) is 0 Å². The van der Waals surface area contributed by atoms with Crippen molar-refractivity contribution in [2.75, 3.05) is 27.0 Å². The highest BCUT2D eigenvalue weighted by molar-refractivity contribution is 7.98. The molecule has 2 aromatic carbocycles. The molecule has 2 heterocycles. The summed E-state index contributed by atoms with van der Waals surface area (Å²) in [5.74, 6) is 1.94. The van der Waals surface area contributed by atoms with Gasteiger partial charge in [0.1, 0.15) is 28.4 Å². The molecule has 4 rings (SSSR count). The number of carbonyl (C=O) groups is 1. The van der Waals surface area contributed by atoms with E-state index >= 15 is 0 Å². The van der Waals surface area contributed by atoms with Crippen LogP contribution in [-0.4, -0.2) is 44.0 Å². The summed E-state index contributed by atoms with van der Waals surface area (Å²) in [7, 11) is 3.26. The predicted octanol–water partition coefficient (Wildman–Crippen LogP) is 4.87. The molecule has 1 aliphatic heterocycles. The van der Waals surface area contributed by atoms with Gasteiger partial charge >= 0.3 is 0 Å². The average Bonchev–Trinajstić information content (AvgIpc) is 3.25. The number of thioether (sulfide) groups is 1.